The Morgan fingerprint density at radius 3 is 2.39 bits per heavy atom. The van der Waals surface area contributed by atoms with Crippen LogP contribution in [0.2, 0.25) is 0 Å². The van der Waals surface area contributed by atoms with Crippen LogP contribution in [0.25, 0.3) is 0 Å². The number of hydrogen-bond acceptors (Lipinski definition) is 3. The van der Waals surface area contributed by atoms with Crippen LogP contribution in [-0.4, -0.2) is 43.0 Å². The van der Waals surface area contributed by atoms with Crippen molar-refractivity contribution in [1.82, 2.24) is 15.5 Å². The molecule has 126 valence electrons. The maximum atomic E-state index is 13.1. The number of urea groups is 1. The maximum Gasteiger partial charge on any atom is 0.312 e. The molecule has 1 aliphatic heterocycles. The lowest BCUT2D eigenvalue weighted by Crippen LogP contribution is -2.44. The molecule has 7 heteroatoms. The lowest BCUT2D eigenvalue weighted by molar-refractivity contribution is -0.120. The van der Waals surface area contributed by atoms with Crippen molar-refractivity contribution in [2.45, 2.75) is 25.3 Å². The van der Waals surface area contributed by atoms with Crippen LogP contribution in [0.4, 0.5) is 9.18 Å². The standard InChI is InChI=1S/C16H23FN4O2/c17-13-6-4-12(5-7-13)14(21-8-2-1-3-9-21)10-19-15(22)11-20-16(18)23/h4-7,14H,1-3,8-11H2,(H,19,22)(H3,18,20,23)/t14-/m1/s1. The topological polar surface area (TPSA) is 87.5 Å². The van der Waals surface area contributed by atoms with Crippen molar-refractivity contribution in [3.05, 3.63) is 35.6 Å². The number of benzene rings is 1. The second kappa shape index (κ2) is 8.47. The van der Waals surface area contributed by atoms with Crippen molar-refractivity contribution in [3.8, 4) is 0 Å². The summed E-state index contributed by atoms with van der Waals surface area (Å²) in [5.41, 5.74) is 5.91. The average Bonchev–Trinajstić information content (AvgIpc) is 2.55. The summed E-state index contributed by atoms with van der Waals surface area (Å²) >= 11 is 0. The zero-order valence-electron chi connectivity index (χ0n) is 13.1. The van der Waals surface area contributed by atoms with E-state index in [0.717, 1.165) is 31.5 Å². The third-order valence-corrected chi connectivity index (χ3v) is 4.00. The highest BCUT2D eigenvalue weighted by atomic mass is 19.1. The highest BCUT2D eigenvalue weighted by Crippen LogP contribution is 2.24. The first-order valence-electron chi connectivity index (χ1n) is 7.86. The number of halogens is 1. The van der Waals surface area contributed by atoms with Crippen LogP contribution in [0.15, 0.2) is 24.3 Å². The van der Waals surface area contributed by atoms with Gasteiger partial charge in [-0.3, -0.25) is 9.69 Å². The molecular formula is C16H23FN4O2. The second-order valence-corrected chi connectivity index (χ2v) is 5.69. The summed E-state index contributed by atoms with van der Waals surface area (Å²) in [5, 5.41) is 5.06. The number of piperidine rings is 1. The van der Waals surface area contributed by atoms with Gasteiger partial charge < -0.3 is 16.4 Å². The summed E-state index contributed by atoms with van der Waals surface area (Å²) in [6.07, 6.45) is 3.45. The van der Waals surface area contributed by atoms with E-state index >= 15 is 0 Å². The highest BCUT2D eigenvalue weighted by molar-refractivity contribution is 5.83. The third-order valence-electron chi connectivity index (χ3n) is 4.00. The van der Waals surface area contributed by atoms with Gasteiger partial charge in [0.15, 0.2) is 0 Å². The number of nitrogens with two attached hydrogens (primary N) is 1. The predicted octanol–water partition coefficient (Wildman–Crippen LogP) is 1.14. The molecule has 1 fully saturated rings. The van der Waals surface area contributed by atoms with E-state index in [2.05, 4.69) is 15.5 Å². The maximum absolute atomic E-state index is 13.1. The summed E-state index contributed by atoms with van der Waals surface area (Å²) < 4.78 is 13.1. The van der Waals surface area contributed by atoms with Crippen molar-refractivity contribution in [3.63, 3.8) is 0 Å². The fourth-order valence-corrected chi connectivity index (χ4v) is 2.81. The first-order chi connectivity index (χ1) is 11.1. The van der Waals surface area contributed by atoms with E-state index in [1.165, 1.54) is 18.6 Å². The van der Waals surface area contributed by atoms with Gasteiger partial charge in [0.2, 0.25) is 5.91 Å². The van der Waals surface area contributed by atoms with Crippen LogP contribution in [0.5, 0.6) is 0 Å². The number of hydrogen-bond donors (Lipinski definition) is 3. The third kappa shape index (κ3) is 5.52. The van der Waals surface area contributed by atoms with E-state index in [1.54, 1.807) is 12.1 Å². The second-order valence-electron chi connectivity index (χ2n) is 5.69. The number of rotatable bonds is 6. The molecule has 4 N–H and O–H groups in total. The molecule has 6 nitrogen and oxygen atoms in total. The number of carbonyl (C=O) groups excluding carboxylic acids is 2. The fourth-order valence-electron chi connectivity index (χ4n) is 2.81. The molecule has 0 radical (unpaired) electrons. The Morgan fingerprint density at radius 2 is 1.78 bits per heavy atom. The number of nitrogens with one attached hydrogen (secondary N) is 2. The van der Waals surface area contributed by atoms with Gasteiger partial charge in [-0.25, -0.2) is 9.18 Å². The molecule has 0 bridgehead atoms. The summed E-state index contributed by atoms with van der Waals surface area (Å²) in [5.74, 6) is -0.575. The fraction of sp³-hybridized carbons (Fsp3) is 0.500. The highest BCUT2D eigenvalue weighted by Gasteiger charge is 2.22. The summed E-state index contributed by atoms with van der Waals surface area (Å²) in [4.78, 5) is 24.7. The Hall–Kier alpha value is -2.15. The Bertz CT molecular complexity index is 529. The number of primary amides is 1. The number of nitrogens with zero attached hydrogens (tertiary/aromatic N) is 1. The minimum atomic E-state index is -0.730. The minimum absolute atomic E-state index is 0.00609. The number of likely N-dealkylation sites (tertiary alicyclic amines) is 1. The Labute approximate surface area is 135 Å². The Kier molecular flexibility index (Phi) is 6.34. The van der Waals surface area contributed by atoms with E-state index in [0.29, 0.717) is 6.54 Å². The van der Waals surface area contributed by atoms with Gasteiger partial charge in [0.05, 0.1) is 12.6 Å². The zero-order chi connectivity index (χ0) is 16.7. The van der Waals surface area contributed by atoms with Crippen molar-refractivity contribution >= 4 is 11.9 Å². The van der Waals surface area contributed by atoms with E-state index in [1.807, 2.05) is 0 Å². The van der Waals surface area contributed by atoms with E-state index in [9.17, 15) is 14.0 Å². The molecule has 0 unspecified atom stereocenters. The quantitative estimate of drug-likeness (QED) is 0.734. The van der Waals surface area contributed by atoms with Crippen molar-refractivity contribution < 1.29 is 14.0 Å². The molecule has 1 aromatic rings. The Balaban J connectivity index is 1.99. The van der Waals surface area contributed by atoms with Gasteiger partial charge >= 0.3 is 6.03 Å². The summed E-state index contributed by atoms with van der Waals surface area (Å²) in [7, 11) is 0. The predicted molar refractivity (Wildman–Crippen MR) is 85.2 cm³/mol. The van der Waals surface area contributed by atoms with Crippen molar-refractivity contribution in [2.24, 2.45) is 5.73 Å². The van der Waals surface area contributed by atoms with Crippen LogP contribution in [0.3, 0.4) is 0 Å². The van der Waals surface area contributed by atoms with Gasteiger partial charge in [0, 0.05) is 6.54 Å². The molecule has 3 amide bonds. The van der Waals surface area contributed by atoms with Gasteiger partial charge in [-0.1, -0.05) is 18.6 Å². The molecule has 2 rings (SSSR count). The molecule has 1 aliphatic rings. The van der Waals surface area contributed by atoms with Gasteiger partial charge in [0.1, 0.15) is 5.82 Å². The first kappa shape index (κ1) is 17.2. The molecule has 0 aliphatic carbocycles. The van der Waals surface area contributed by atoms with E-state index in [-0.39, 0.29) is 24.3 Å². The van der Waals surface area contributed by atoms with Crippen LogP contribution in [0.1, 0.15) is 30.9 Å². The molecule has 0 spiro atoms. The summed E-state index contributed by atoms with van der Waals surface area (Å²) in [6.45, 7) is 2.17. The zero-order valence-corrected chi connectivity index (χ0v) is 13.1. The van der Waals surface area contributed by atoms with E-state index in [4.69, 9.17) is 5.73 Å². The molecular weight excluding hydrogens is 299 g/mol. The summed E-state index contributed by atoms with van der Waals surface area (Å²) in [6, 6.07) is 5.63. The Morgan fingerprint density at radius 1 is 1.13 bits per heavy atom. The van der Waals surface area contributed by atoms with Gasteiger partial charge in [-0.2, -0.15) is 0 Å². The molecule has 23 heavy (non-hydrogen) atoms. The average molecular weight is 322 g/mol. The van der Waals surface area contributed by atoms with Crippen LogP contribution in [-0.2, 0) is 4.79 Å². The van der Waals surface area contributed by atoms with Crippen molar-refractivity contribution in [2.75, 3.05) is 26.2 Å². The SMILES string of the molecule is NC(=O)NCC(=O)NC[C@H](c1ccc(F)cc1)N1CCCCC1. The smallest absolute Gasteiger partial charge is 0.312 e. The minimum Gasteiger partial charge on any atom is -0.353 e. The number of carbonyl (C=O) groups is 2. The molecule has 1 aromatic carbocycles. The molecule has 0 aromatic heterocycles. The van der Waals surface area contributed by atoms with Crippen LogP contribution >= 0.6 is 0 Å². The van der Waals surface area contributed by atoms with Crippen LogP contribution in [0, 0.1) is 5.82 Å². The lowest BCUT2D eigenvalue weighted by Gasteiger charge is -2.35. The van der Waals surface area contributed by atoms with Gasteiger partial charge in [-0.15, -0.1) is 0 Å². The largest absolute Gasteiger partial charge is 0.353 e. The normalized spacial score (nSPS) is 16.6. The van der Waals surface area contributed by atoms with E-state index < -0.39 is 6.03 Å². The van der Waals surface area contributed by atoms with Gasteiger partial charge in [0.25, 0.3) is 0 Å². The first-order valence-corrected chi connectivity index (χ1v) is 7.86. The molecule has 0 saturated carbocycles. The van der Waals surface area contributed by atoms with Crippen LogP contribution < -0.4 is 16.4 Å². The molecule has 1 saturated heterocycles. The molecule has 1 atom stereocenters. The monoisotopic (exact) mass is 322 g/mol. The molecule has 1 heterocycles. The van der Waals surface area contributed by atoms with Gasteiger partial charge in [-0.05, 0) is 43.6 Å². The van der Waals surface area contributed by atoms with Crippen molar-refractivity contribution in [1.29, 1.82) is 0 Å². The lowest BCUT2D eigenvalue weighted by atomic mass is 10.0. The number of amides is 3.